The maximum Gasteiger partial charge on any atom is 0.224 e. The third-order valence-electron chi connectivity index (χ3n) is 3.42. The molecule has 0 aromatic heterocycles. The van der Waals surface area contributed by atoms with E-state index in [2.05, 4.69) is 5.32 Å². The molecule has 0 aromatic carbocycles. The smallest absolute Gasteiger partial charge is 0.224 e. The van der Waals surface area contributed by atoms with Crippen molar-refractivity contribution in [1.82, 2.24) is 5.32 Å². The van der Waals surface area contributed by atoms with Crippen molar-refractivity contribution in [3.8, 4) is 0 Å². The highest BCUT2D eigenvalue weighted by molar-refractivity contribution is 7.91. The van der Waals surface area contributed by atoms with Gasteiger partial charge in [0.1, 0.15) is 0 Å². The van der Waals surface area contributed by atoms with Crippen LogP contribution in [0.3, 0.4) is 0 Å². The number of nitrogens with one attached hydrogen (secondary N) is 1. The molecule has 5 nitrogen and oxygen atoms in total. The standard InChI is InChI=1S/C12H24N2O3S/c1-12(2,3)10(4-6-13)14-11(15)9-5-7-18(16,17)8-9/h9-10H,4-8,13H2,1-3H3,(H,14,15). The average Bonchev–Trinajstić information content (AvgIpc) is 2.57. The Morgan fingerprint density at radius 1 is 1.44 bits per heavy atom. The van der Waals surface area contributed by atoms with Gasteiger partial charge in [-0.3, -0.25) is 4.79 Å². The second-order valence-electron chi connectivity index (χ2n) is 6.10. The van der Waals surface area contributed by atoms with Crippen LogP contribution >= 0.6 is 0 Å². The van der Waals surface area contributed by atoms with Crippen LogP contribution in [-0.2, 0) is 14.6 Å². The number of hydrogen-bond acceptors (Lipinski definition) is 4. The Morgan fingerprint density at radius 3 is 2.44 bits per heavy atom. The summed E-state index contributed by atoms with van der Waals surface area (Å²) in [6.07, 6.45) is 1.14. The van der Waals surface area contributed by atoms with Crippen LogP contribution < -0.4 is 11.1 Å². The first-order valence-electron chi connectivity index (χ1n) is 6.36. The first-order valence-corrected chi connectivity index (χ1v) is 8.19. The maximum absolute atomic E-state index is 12.0. The lowest BCUT2D eigenvalue weighted by Gasteiger charge is -2.32. The van der Waals surface area contributed by atoms with Gasteiger partial charge >= 0.3 is 0 Å². The number of rotatable bonds is 4. The Balaban J connectivity index is 2.63. The van der Waals surface area contributed by atoms with Gasteiger partial charge in [-0.1, -0.05) is 20.8 Å². The normalized spacial score (nSPS) is 24.8. The lowest BCUT2D eigenvalue weighted by atomic mass is 9.84. The van der Waals surface area contributed by atoms with Gasteiger partial charge in [0.05, 0.1) is 17.4 Å². The number of amides is 1. The Hall–Kier alpha value is -0.620. The summed E-state index contributed by atoms with van der Waals surface area (Å²) in [6.45, 7) is 6.63. The zero-order valence-electron chi connectivity index (χ0n) is 11.4. The molecular weight excluding hydrogens is 252 g/mol. The molecule has 1 rings (SSSR count). The van der Waals surface area contributed by atoms with Crippen molar-refractivity contribution in [1.29, 1.82) is 0 Å². The number of carbonyl (C=O) groups is 1. The monoisotopic (exact) mass is 276 g/mol. The molecule has 2 unspecified atom stereocenters. The van der Waals surface area contributed by atoms with Gasteiger partial charge in [0, 0.05) is 6.04 Å². The minimum Gasteiger partial charge on any atom is -0.353 e. The Kier molecular flexibility index (Phi) is 4.78. The zero-order chi connectivity index (χ0) is 14.0. The first kappa shape index (κ1) is 15.4. The highest BCUT2D eigenvalue weighted by Crippen LogP contribution is 2.24. The molecule has 106 valence electrons. The van der Waals surface area contributed by atoms with E-state index in [4.69, 9.17) is 5.73 Å². The molecule has 1 saturated heterocycles. The molecule has 2 atom stereocenters. The van der Waals surface area contributed by atoms with Crippen molar-refractivity contribution in [2.75, 3.05) is 18.1 Å². The van der Waals surface area contributed by atoms with E-state index in [0.29, 0.717) is 19.4 Å². The second-order valence-corrected chi connectivity index (χ2v) is 8.33. The summed E-state index contributed by atoms with van der Waals surface area (Å²) in [7, 11) is -3.01. The molecule has 18 heavy (non-hydrogen) atoms. The minimum absolute atomic E-state index is 0.0155. The van der Waals surface area contributed by atoms with Gasteiger partial charge in [0.25, 0.3) is 0 Å². The molecular formula is C12H24N2O3S. The summed E-state index contributed by atoms with van der Waals surface area (Å²) in [4.78, 5) is 12.0. The number of nitrogens with two attached hydrogens (primary N) is 1. The van der Waals surface area contributed by atoms with Gasteiger partial charge in [0.2, 0.25) is 5.91 Å². The van der Waals surface area contributed by atoms with Crippen LogP contribution in [0.1, 0.15) is 33.6 Å². The van der Waals surface area contributed by atoms with E-state index in [9.17, 15) is 13.2 Å². The fourth-order valence-electron chi connectivity index (χ4n) is 2.18. The summed E-state index contributed by atoms with van der Waals surface area (Å²) in [6, 6.07) is -0.0155. The number of hydrogen-bond donors (Lipinski definition) is 2. The largest absolute Gasteiger partial charge is 0.353 e. The van der Waals surface area contributed by atoms with Crippen molar-refractivity contribution in [2.45, 2.75) is 39.7 Å². The molecule has 6 heteroatoms. The summed E-state index contributed by atoms with van der Waals surface area (Å²) in [5, 5.41) is 2.95. The molecule has 3 N–H and O–H groups in total. The third kappa shape index (κ3) is 4.24. The average molecular weight is 276 g/mol. The number of carbonyl (C=O) groups excluding carboxylic acids is 1. The van der Waals surface area contributed by atoms with Crippen LogP contribution in [-0.4, -0.2) is 38.4 Å². The van der Waals surface area contributed by atoms with Gasteiger partial charge in [-0.25, -0.2) is 8.42 Å². The Morgan fingerprint density at radius 2 is 2.06 bits per heavy atom. The van der Waals surface area contributed by atoms with Crippen LogP contribution in [0.2, 0.25) is 0 Å². The molecule has 1 amide bonds. The molecule has 1 fully saturated rings. The molecule has 0 radical (unpaired) electrons. The minimum atomic E-state index is -3.01. The molecule has 0 spiro atoms. The van der Waals surface area contributed by atoms with Crippen LogP contribution in [0.4, 0.5) is 0 Å². The van der Waals surface area contributed by atoms with Crippen LogP contribution in [0.15, 0.2) is 0 Å². The molecule has 0 saturated carbocycles. The van der Waals surface area contributed by atoms with E-state index in [1.807, 2.05) is 20.8 Å². The maximum atomic E-state index is 12.0. The quantitative estimate of drug-likeness (QED) is 0.773. The van der Waals surface area contributed by atoms with Crippen molar-refractivity contribution in [3.05, 3.63) is 0 Å². The van der Waals surface area contributed by atoms with Gasteiger partial charge in [0.15, 0.2) is 9.84 Å². The highest BCUT2D eigenvalue weighted by Gasteiger charge is 2.35. The van der Waals surface area contributed by atoms with Crippen LogP contribution in [0.5, 0.6) is 0 Å². The van der Waals surface area contributed by atoms with Crippen molar-refractivity contribution in [2.24, 2.45) is 17.1 Å². The summed E-state index contributed by atoms with van der Waals surface area (Å²) in [5.41, 5.74) is 5.47. The predicted molar refractivity (Wildman–Crippen MR) is 71.8 cm³/mol. The van der Waals surface area contributed by atoms with Gasteiger partial charge < -0.3 is 11.1 Å². The van der Waals surface area contributed by atoms with Crippen LogP contribution in [0, 0.1) is 11.3 Å². The van der Waals surface area contributed by atoms with Crippen LogP contribution in [0.25, 0.3) is 0 Å². The lowest BCUT2D eigenvalue weighted by Crippen LogP contribution is -2.47. The topological polar surface area (TPSA) is 89.3 Å². The van der Waals surface area contributed by atoms with E-state index in [0.717, 1.165) is 0 Å². The molecule has 1 aliphatic rings. The van der Waals surface area contributed by atoms with Crippen molar-refractivity contribution < 1.29 is 13.2 Å². The fraction of sp³-hybridized carbons (Fsp3) is 0.917. The molecule has 1 aliphatic heterocycles. The molecule has 1 heterocycles. The molecule has 0 aliphatic carbocycles. The Bertz CT molecular complexity index is 398. The molecule has 0 aromatic rings. The summed E-state index contributed by atoms with van der Waals surface area (Å²) >= 11 is 0. The lowest BCUT2D eigenvalue weighted by molar-refractivity contribution is -0.125. The zero-order valence-corrected chi connectivity index (χ0v) is 12.2. The summed E-state index contributed by atoms with van der Waals surface area (Å²) < 4.78 is 22.7. The van der Waals surface area contributed by atoms with E-state index in [1.165, 1.54) is 0 Å². The van der Waals surface area contributed by atoms with E-state index < -0.39 is 15.8 Å². The predicted octanol–water partition coefficient (Wildman–Crippen LogP) is 0.301. The summed E-state index contributed by atoms with van der Waals surface area (Å²) in [5.74, 6) is -0.428. The SMILES string of the molecule is CC(C)(C)C(CCN)NC(=O)C1CCS(=O)(=O)C1. The van der Waals surface area contributed by atoms with Crippen molar-refractivity contribution in [3.63, 3.8) is 0 Å². The fourth-order valence-corrected chi connectivity index (χ4v) is 3.92. The van der Waals surface area contributed by atoms with E-state index in [-0.39, 0.29) is 28.9 Å². The highest BCUT2D eigenvalue weighted by atomic mass is 32.2. The van der Waals surface area contributed by atoms with Gasteiger partial charge in [-0.2, -0.15) is 0 Å². The first-order chi connectivity index (χ1) is 8.15. The Labute approximate surface area is 109 Å². The van der Waals surface area contributed by atoms with Gasteiger partial charge in [-0.05, 0) is 24.8 Å². The number of sulfone groups is 1. The van der Waals surface area contributed by atoms with Gasteiger partial charge in [-0.15, -0.1) is 0 Å². The second kappa shape index (κ2) is 5.57. The van der Waals surface area contributed by atoms with E-state index in [1.54, 1.807) is 0 Å². The molecule has 0 bridgehead atoms. The van der Waals surface area contributed by atoms with Crippen molar-refractivity contribution >= 4 is 15.7 Å². The third-order valence-corrected chi connectivity index (χ3v) is 5.19. The van der Waals surface area contributed by atoms with E-state index >= 15 is 0 Å².